The fourth-order valence-corrected chi connectivity index (χ4v) is 2.59. The van der Waals surface area contributed by atoms with Crippen molar-refractivity contribution in [1.29, 1.82) is 0 Å². The molecule has 2 aromatic rings. The Balaban J connectivity index is 2.14. The molecular weight excluding hydrogens is 308 g/mol. The molecule has 2 rings (SSSR count). The molecule has 1 aromatic heterocycles. The first-order chi connectivity index (χ1) is 7.66. The Bertz CT molecular complexity index is 470. The van der Waals surface area contributed by atoms with Crippen LogP contribution < -0.4 is 0 Å². The van der Waals surface area contributed by atoms with E-state index in [4.69, 9.17) is 11.6 Å². The summed E-state index contributed by atoms with van der Waals surface area (Å²) in [7, 11) is 0. The quantitative estimate of drug-likeness (QED) is 0.887. The fraction of sp³-hybridized carbons (Fsp3) is 0.167. The second-order valence-corrected chi connectivity index (χ2v) is 5.57. The van der Waals surface area contributed by atoms with Crippen LogP contribution >= 0.6 is 38.9 Å². The highest BCUT2D eigenvalue weighted by Gasteiger charge is 2.10. The molecule has 1 aromatic carbocycles. The highest BCUT2D eigenvalue weighted by atomic mass is 79.9. The molecule has 1 heterocycles. The molecule has 0 radical (unpaired) electrons. The maximum absolute atomic E-state index is 10.0. The molecule has 0 fully saturated rings. The van der Waals surface area contributed by atoms with Crippen LogP contribution in [0.25, 0.3) is 0 Å². The van der Waals surface area contributed by atoms with E-state index >= 15 is 0 Å². The van der Waals surface area contributed by atoms with E-state index in [2.05, 4.69) is 15.9 Å². The van der Waals surface area contributed by atoms with Gasteiger partial charge in [0.15, 0.2) is 0 Å². The predicted octanol–water partition coefficient (Wildman–Crippen LogP) is 4.44. The molecule has 1 unspecified atom stereocenters. The molecule has 4 heteroatoms. The second-order valence-electron chi connectivity index (χ2n) is 3.53. The van der Waals surface area contributed by atoms with E-state index in [1.54, 1.807) is 17.4 Å². The summed E-state index contributed by atoms with van der Waals surface area (Å²) in [5.41, 5.74) is 2.00. The van der Waals surface area contributed by atoms with Crippen LogP contribution in [0, 0.1) is 0 Å². The number of hydrogen-bond donors (Lipinski definition) is 1. The lowest BCUT2D eigenvalue weighted by Gasteiger charge is -2.10. The van der Waals surface area contributed by atoms with E-state index in [9.17, 15) is 5.11 Å². The molecule has 1 nitrogen and oxygen atoms in total. The SMILES string of the molecule is OC(Cc1ccsc1)c1ccc(Br)c(Cl)c1. The molecule has 0 bridgehead atoms. The van der Waals surface area contributed by atoms with Crippen LogP contribution in [0.4, 0.5) is 0 Å². The van der Waals surface area contributed by atoms with E-state index in [1.165, 1.54) is 0 Å². The minimum atomic E-state index is -0.500. The van der Waals surface area contributed by atoms with Crippen LogP contribution in [-0.4, -0.2) is 5.11 Å². The van der Waals surface area contributed by atoms with Crippen LogP contribution in [0.15, 0.2) is 39.5 Å². The lowest BCUT2D eigenvalue weighted by molar-refractivity contribution is 0.178. The highest BCUT2D eigenvalue weighted by molar-refractivity contribution is 9.10. The van der Waals surface area contributed by atoms with Crippen molar-refractivity contribution in [2.24, 2.45) is 0 Å². The van der Waals surface area contributed by atoms with Crippen molar-refractivity contribution < 1.29 is 5.11 Å². The standard InChI is InChI=1S/C12H10BrClOS/c13-10-2-1-9(6-11(10)14)12(15)5-8-3-4-16-7-8/h1-4,6-7,12,15H,5H2. The molecular formula is C12H10BrClOS. The van der Waals surface area contributed by atoms with Gasteiger partial charge >= 0.3 is 0 Å². The van der Waals surface area contributed by atoms with Gasteiger partial charge in [0, 0.05) is 10.9 Å². The summed E-state index contributed by atoms with van der Waals surface area (Å²) in [6.07, 6.45) is 0.127. The molecule has 1 N–H and O–H groups in total. The van der Waals surface area contributed by atoms with E-state index in [1.807, 2.05) is 29.0 Å². The number of halogens is 2. The first-order valence-corrected chi connectivity index (χ1v) is 6.92. The number of aliphatic hydroxyl groups is 1. The summed E-state index contributed by atoms with van der Waals surface area (Å²) in [6, 6.07) is 7.55. The first-order valence-electron chi connectivity index (χ1n) is 4.81. The topological polar surface area (TPSA) is 20.2 Å². The highest BCUT2D eigenvalue weighted by Crippen LogP contribution is 2.27. The Hall–Kier alpha value is -0.350. The van der Waals surface area contributed by atoms with E-state index < -0.39 is 6.10 Å². The molecule has 0 aliphatic carbocycles. The maximum atomic E-state index is 10.0. The minimum absolute atomic E-state index is 0.500. The number of aliphatic hydroxyl groups excluding tert-OH is 1. The summed E-state index contributed by atoms with van der Waals surface area (Å²) < 4.78 is 0.848. The fourth-order valence-electron chi connectivity index (χ4n) is 1.47. The summed E-state index contributed by atoms with van der Waals surface area (Å²) in [4.78, 5) is 0. The van der Waals surface area contributed by atoms with Gasteiger partial charge in [-0.2, -0.15) is 11.3 Å². The average molecular weight is 318 g/mol. The molecule has 0 spiro atoms. The average Bonchev–Trinajstić information content (AvgIpc) is 2.74. The van der Waals surface area contributed by atoms with Crippen molar-refractivity contribution in [1.82, 2.24) is 0 Å². The molecule has 0 amide bonds. The largest absolute Gasteiger partial charge is 0.388 e. The van der Waals surface area contributed by atoms with Gasteiger partial charge < -0.3 is 5.11 Å². The van der Waals surface area contributed by atoms with Gasteiger partial charge in [0.2, 0.25) is 0 Å². The maximum Gasteiger partial charge on any atom is 0.0831 e. The Morgan fingerprint density at radius 3 is 2.81 bits per heavy atom. The molecule has 84 valence electrons. The summed E-state index contributed by atoms with van der Waals surface area (Å²) in [6.45, 7) is 0. The van der Waals surface area contributed by atoms with Crippen LogP contribution in [0.2, 0.25) is 5.02 Å². The van der Waals surface area contributed by atoms with E-state index in [-0.39, 0.29) is 0 Å². The lowest BCUT2D eigenvalue weighted by atomic mass is 10.0. The number of rotatable bonds is 3. The van der Waals surface area contributed by atoms with Gasteiger partial charge in [-0.15, -0.1) is 0 Å². The smallest absolute Gasteiger partial charge is 0.0831 e. The lowest BCUT2D eigenvalue weighted by Crippen LogP contribution is -2.00. The van der Waals surface area contributed by atoms with E-state index in [0.29, 0.717) is 11.4 Å². The monoisotopic (exact) mass is 316 g/mol. The summed E-state index contributed by atoms with van der Waals surface area (Å²) in [5.74, 6) is 0. The number of benzene rings is 1. The molecule has 1 atom stereocenters. The normalized spacial score (nSPS) is 12.7. The van der Waals surface area contributed by atoms with Gasteiger partial charge in [-0.3, -0.25) is 0 Å². The molecule has 16 heavy (non-hydrogen) atoms. The summed E-state index contributed by atoms with van der Waals surface area (Å²) >= 11 is 10.9. The molecule has 0 aliphatic rings. The minimum Gasteiger partial charge on any atom is -0.388 e. The van der Waals surface area contributed by atoms with Crippen molar-refractivity contribution >= 4 is 38.9 Å². The van der Waals surface area contributed by atoms with Gasteiger partial charge in [-0.1, -0.05) is 17.7 Å². The Labute approximate surface area is 112 Å². The van der Waals surface area contributed by atoms with Crippen molar-refractivity contribution in [2.45, 2.75) is 12.5 Å². The Morgan fingerprint density at radius 2 is 2.19 bits per heavy atom. The van der Waals surface area contributed by atoms with Crippen LogP contribution in [0.1, 0.15) is 17.2 Å². The van der Waals surface area contributed by atoms with Crippen LogP contribution in [-0.2, 0) is 6.42 Å². The van der Waals surface area contributed by atoms with Crippen molar-refractivity contribution in [3.8, 4) is 0 Å². The van der Waals surface area contributed by atoms with Crippen molar-refractivity contribution in [3.05, 3.63) is 55.6 Å². The Kier molecular flexibility index (Phi) is 4.03. The van der Waals surface area contributed by atoms with Crippen LogP contribution in [0.5, 0.6) is 0 Å². The summed E-state index contributed by atoms with van der Waals surface area (Å²) in [5, 5.41) is 14.7. The third-order valence-electron chi connectivity index (χ3n) is 2.34. The zero-order valence-electron chi connectivity index (χ0n) is 8.36. The van der Waals surface area contributed by atoms with Crippen molar-refractivity contribution in [3.63, 3.8) is 0 Å². The molecule has 0 saturated carbocycles. The van der Waals surface area contributed by atoms with Gasteiger partial charge in [-0.05, 0) is 56.0 Å². The predicted molar refractivity (Wildman–Crippen MR) is 72.1 cm³/mol. The molecule has 0 saturated heterocycles. The van der Waals surface area contributed by atoms with Gasteiger partial charge in [-0.25, -0.2) is 0 Å². The first kappa shape index (κ1) is 12.1. The third-order valence-corrected chi connectivity index (χ3v) is 4.30. The zero-order chi connectivity index (χ0) is 11.5. The second kappa shape index (κ2) is 5.32. The van der Waals surface area contributed by atoms with Gasteiger partial charge in [0.25, 0.3) is 0 Å². The Morgan fingerprint density at radius 1 is 1.38 bits per heavy atom. The molecule has 0 aliphatic heterocycles. The van der Waals surface area contributed by atoms with Gasteiger partial charge in [0.1, 0.15) is 0 Å². The zero-order valence-corrected chi connectivity index (χ0v) is 11.5. The van der Waals surface area contributed by atoms with Gasteiger partial charge in [0.05, 0.1) is 11.1 Å². The third kappa shape index (κ3) is 2.86. The van der Waals surface area contributed by atoms with Crippen molar-refractivity contribution in [2.75, 3.05) is 0 Å². The van der Waals surface area contributed by atoms with Crippen LogP contribution in [0.3, 0.4) is 0 Å². The van der Waals surface area contributed by atoms with E-state index in [0.717, 1.165) is 15.6 Å². The number of thiophene rings is 1. The number of hydrogen-bond acceptors (Lipinski definition) is 2.